The van der Waals surface area contributed by atoms with Gasteiger partial charge in [0.25, 0.3) is 0 Å². The molecule has 0 bridgehead atoms. The van der Waals surface area contributed by atoms with E-state index >= 15 is 0 Å². The molecule has 0 unspecified atom stereocenters. The van der Waals surface area contributed by atoms with Crippen LogP contribution in [0.15, 0.2) is 28.1 Å². The first kappa shape index (κ1) is 11.7. The first-order valence-corrected chi connectivity index (χ1v) is 6.43. The van der Waals surface area contributed by atoms with E-state index in [2.05, 4.69) is 26.2 Å². The second-order valence-corrected chi connectivity index (χ2v) is 4.98. The second kappa shape index (κ2) is 5.03. The van der Waals surface area contributed by atoms with Gasteiger partial charge in [-0.3, -0.25) is 0 Å². The van der Waals surface area contributed by atoms with Gasteiger partial charge in [-0.2, -0.15) is 0 Å². The SMILES string of the molecule is CNCc1csc(-c2c(F)cccc2Br)n1. The summed E-state index contributed by atoms with van der Waals surface area (Å²) in [6, 6.07) is 4.93. The molecule has 1 N–H and O–H groups in total. The maximum absolute atomic E-state index is 13.7. The van der Waals surface area contributed by atoms with Crippen molar-refractivity contribution in [1.29, 1.82) is 0 Å². The smallest absolute Gasteiger partial charge is 0.134 e. The Bertz CT molecular complexity index is 478. The Labute approximate surface area is 106 Å². The number of benzene rings is 1. The molecule has 0 aliphatic rings. The molecule has 0 saturated carbocycles. The number of nitrogens with zero attached hydrogens (tertiary/aromatic N) is 1. The Balaban J connectivity index is 2.42. The summed E-state index contributed by atoms with van der Waals surface area (Å²) in [5.74, 6) is -0.250. The van der Waals surface area contributed by atoms with Crippen LogP contribution in [0.25, 0.3) is 10.6 Å². The van der Waals surface area contributed by atoms with Gasteiger partial charge in [0.2, 0.25) is 0 Å². The molecule has 1 heterocycles. The lowest BCUT2D eigenvalue weighted by Gasteiger charge is -2.01. The fourth-order valence-electron chi connectivity index (χ4n) is 1.39. The number of nitrogens with one attached hydrogen (secondary N) is 1. The summed E-state index contributed by atoms with van der Waals surface area (Å²) in [5, 5.41) is 5.66. The summed E-state index contributed by atoms with van der Waals surface area (Å²) in [7, 11) is 1.86. The predicted molar refractivity (Wildman–Crippen MR) is 68.0 cm³/mol. The molecule has 84 valence electrons. The van der Waals surface area contributed by atoms with Crippen molar-refractivity contribution in [2.75, 3.05) is 7.05 Å². The van der Waals surface area contributed by atoms with Crippen molar-refractivity contribution in [1.82, 2.24) is 10.3 Å². The standard InChI is InChI=1S/C11H10BrFN2S/c1-14-5-7-6-16-11(15-7)10-8(12)3-2-4-9(10)13/h2-4,6,14H,5H2,1H3. The van der Waals surface area contributed by atoms with Gasteiger partial charge in [-0.25, -0.2) is 9.37 Å². The molecule has 0 atom stereocenters. The van der Waals surface area contributed by atoms with E-state index in [1.807, 2.05) is 18.5 Å². The Kier molecular flexibility index (Phi) is 3.68. The van der Waals surface area contributed by atoms with Gasteiger partial charge in [0.15, 0.2) is 0 Å². The highest BCUT2D eigenvalue weighted by molar-refractivity contribution is 9.10. The van der Waals surface area contributed by atoms with Gasteiger partial charge in [-0.05, 0) is 35.1 Å². The van der Waals surface area contributed by atoms with E-state index in [4.69, 9.17) is 0 Å². The van der Waals surface area contributed by atoms with Crippen molar-refractivity contribution >= 4 is 27.3 Å². The maximum Gasteiger partial charge on any atom is 0.134 e. The Hall–Kier alpha value is -0.780. The van der Waals surface area contributed by atoms with Crippen LogP contribution in [0.4, 0.5) is 4.39 Å². The fourth-order valence-corrected chi connectivity index (χ4v) is 2.93. The molecule has 1 aromatic carbocycles. The van der Waals surface area contributed by atoms with E-state index in [0.717, 1.165) is 10.2 Å². The topological polar surface area (TPSA) is 24.9 Å². The first-order valence-electron chi connectivity index (χ1n) is 4.75. The fraction of sp³-hybridized carbons (Fsp3) is 0.182. The van der Waals surface area contributed by atoms with Gasteiger partial charge in [-0.1, -0.05) is 6.07 Å². The van der Waals surface area contributed by atoms with E-state index in [0.29, 0.717) is 17.1 Å². The molecular weight excluding hydrogens is 291 g/mol. The molecular formula is C11H10BrFN2S. The number of hydrogen-bond donors (Lipinski definition) is 1. The summed E-state index contributed by atoms with van der Waals surface area (Å²) >= 11 is 4.79. The highest BCUT2D eigenvalue weighted by Crippen LogP contribution is 2.32. The lowest BCUT2D eigenvalue weighted by Crippen LogP contribution is -2.04. The molecule has 16 heavy (non-hydrogen) atoms. The Morgan fingerprint density at radius 3 is 3.00 bits per heavy atom. The summed E-state index contributed by atoms with van der Waals surface area (Å²) in [5.41, 5.74) is 1.47. The van der Waals surface area contributed by atoms with Crippen LogP contribution >= 0.6 is 27.3 Å². The third-order valence-electron chi connectivity index (χ3n) is 2.09. The van der Waals surface area contributed by atoms with Gasteiger partial charge >= 0.3 is 0 Å². The molecule has 1 aromatic heterocycles. The zero-order valence-electron chi connectivity index (χ0n) is 8.63. The minimum atomic E-state index is -0.250. The summed E-state index contributed by atoms with van der Waals surface area (Å²) in [6.07, 6.45) is 0. The van der Waals surface area contributed by atoms with Crippen LogP contribution < -0.4 is 5.32 Å². The normalized spacial score (nSPS) is 10.7. The quantitative estimate of drug-likeness (QED) is 0.939. The molecule has 5 heteroatoms. The molecule has 2 nitrogen and oxygen atoms in total. The van der Waals surface area contributed by atoms with E-state index in [1.165, 1.54) is 17.4 Å². The number of hydrogen-bond acceptors (Lipinski definition) is 3. The van der Waals surface area contributed by atoms with Gasteiger partial charge in [0, 0.05) is 16.4 Å². The number of halogens is 2. The van der Waals surface area contributed by atoms with Crippen molar-refractivity contribution < 1.29 is 4.39 Å². The van der Waals surface area contributed by atoms with E-state index in [1.54, 1.807) is 6.07 Å². The Morgan fingerprint density at radius 1 is 1.50 bits per heavy atom. The second-order valence-electron chi connectivity index (χ2n) is 3.27. The molecule has 0 aliphatic carbocycles. The largest absolute Gasteiger partial charge is 0.314 e. The third kappa shape index (κ3) is 2.31. The number of thiazole rings is 1. The summed E-state index contributed by atoms with van der Waals surface area (Å²) in [6.45, 7) is 0.697. The molecule has 0 spiro atoms. The lowest BCUT2D eigenvalue weighted by atomic mass is 10.2. The van der Waals surface area contributed by atoms with Gasteiger partial charge in [0.05, 0.1) is 11.3 Å². The molecule has 0 fully saturated rings. The van der Waals surface area contributed by atoms with Gasteiger partial charge in [0.1, 0.15) is 10.8 Å². The first-order chi connectivity index (χ1) is 7.72. The monoisotopic (exact) mass is 300 g/mol. The van der Waals surface area contributed by atoms with Gasteiger partial charge < -0.3 is 5.32 Å². The minimum absolute atomic E-state index is 0.250. The van der Waals surface area contributed by atoms with Crippen LogP contribution in [0.1, 0.15) is 5.69 Å². The highest BCUT2D eigenvalue weighted by atomic mass is 79.9. The van der Waals surface area contributed by atoms with E-state index in [9.17, 15) is 4.39 Å². The number of rotatable bonds is 3. The van der Waals surface area contributed by atoms with Crippen LogP contribution in [-0.2, 0) is 6.54 Å². The highest BCUT2D eigenvalue weighted by Gasteiger charge is 2.12. The van der Waals surface area contributed by atoms with Crippen molar-refractivity contribution in [2.45, 2.75) is 6.54 Å². The predicted octanol–water partition coefficient (Wildman–Crippen LogP) is 3.43. The van der Waals surface area contributed by atoms with Crippen molar-refractivity contribution in [3.05, 3.63) is 39.6 Å². The average molecular weight is 301 g/mol. The van der Waals surface area contributed by atoms with Crippen LogP contribution in [0.5, 0.6) is 0 Å². The van der Waals surface area contributed by atoms with Crippen LogP contribution in [-0.4, -0.2) is 12.0 Å². The maximum atomic E-state index is 13.7. The summed E-state index contributed by atoms with van der Waals surface area (Å²) < 4.78 is 14.4. The Morgan fingerprint density at radius 2 is 2.31 bits per heavy atom. The molecule has 0 radical (unpaired) electrons. The molecule has 0 aliphatic heterocycles. The molecule has 0 saturated heterocycles. The van der Waals surface area contributed by atoms with Crippen LogP contribution in [0, 0.1) is 5.82 Å². The molecule has 2 aromatic rings. The zero-order chi connectivity index (χ0) is 11.5. The number of aromatic nitrogens is 1. The molecule has 0 amide bonds. The lowest BCUT2D eigenvalue weighted by molar-refractivity contribution is 0.630. The molecule has 2 rings (SSSR count). The van der Waals surface area contributed by atoms with E-state index < -0.39 is 0 Å². The summed E-state index contributed by atoms with van der Waals surface area (Å²) in [4.78, 5) is 4.38. The van der Waals surface area contributed by atoms with Crippen molar-refractivity contribution in [3.8, 4) is 10.6 Å². The zero-order valence-corrected chi connectivity index (χ0v) is 11.0. The van der Waals surface area contributed by atoms with Gasteiger partial charge in [-0.15, -0.1) is 11.3 Å². The van der Waals surface area contributed by atoms with Crippen molar-refractivity contribution in [3.63, 3.8) is 0 Å². The minimum Gasteiger partial charge on any atom is -0.314 e. The van der Waals surface area contributed by atoms with Crippen LogP contribution in [0.2, 0.25) is 0 Å². The third-order valence-corrected chi connectivity index (χ3v) is 3.66. The van der Waals surface area contributed by atoms with E-state index in [-0.39, 0.29) is 5.82 Å². The van der Waals surface area contributed by atoms with Crippen LogP contribution in [0.3, 0.4) is 0 Å². The van der Waals surface area contributed by atoms with Crippen molar-refractivity contribution in [2.24, 2.45) is 0 Å². The average Bonchev–Trinajstić information content (AvgIpc) is 2.67.